The van der Waals surface area contributed by atoms with Crippen LogP contribution in [0.2, 0.25) is 0 Å². The van der Waals surface area contributed by atoms with Gasteiger partial charge in [-0.2, -0.15) is 0 Å². The van der Waals surface area contributed by atoms with Crippen LogP contribution in [-0.4, -0.2) is 22.1 Å². The van der Waals surface area contributed by atoms with E-state index in [1.165, 1.54) is 11.3 Å². The first kappa shape index (κ1) is 18.9. The summed E-state index contributed by atoms with van der Waals surface area (Å²) in [6.07, 6.45) is 1.88. The molecule has 0 spiro atoms. The van der Waals surface area contributed by atoms with E-state index in [2.05, 4.69) is 41.4 Å². The molecule has 0 aliphatic carbocycles. The molecule has 27 heavy (non-hydrogen) atoms. The lowest BCUT2D eigenvalue weighted by Gasteiger charge is -2.08. The van der Waals surface area contributed by atoms with E-state index < -0.39 is 0 Å². The molecule has 2 aromatic heterocycles. The molecule has 1 amide bonds. The van der Waals surface area contributed by atoms with Gasteiger partial charge >= 0.3 is 0 Å². The fraction of sp³-hybridized carbons (Fsp3) is 0.238. The van der Waals surface area contributed by atoms with Crippen LogP contribution in [0.25, 0.3) is 11.3 Å². The minimum Gasteiger partial charge on any atom is -0.483 e. The zero-order chi connectivity index (χ0) is 19.4. The fourth-order valence-corrected chi connectivity index (χ4v) is 3.67. The Morgan fingerprint density at radius 2 is 2.11 bits per heavy atom. The Morgan fingerprint density at radius 3 is 2.85 bits per heavy atom. The molecule has 0 bridgehead atoms. The van der Waals surface area contributed by atoms with Gasteiger partial charge in [0.25, 0.3) is 5.91 Å². The standard InChI is InChI=1S/C21H23N3O2S/c1-5-10-24-15(3)11-17(16(24)4)18-13-27-21(22-18)23-20(25)12-26-19-9-7-6-8-14(19)2/h5-9,11,13H,1,10,12H2,2-4H3,(H,22,23,25). The SMILES string of the molecule is C=CCn1c(C)cc(-c2csc(NC(=O)COc3ccccc3C)n2)c1C. The molecule has 6 heteroatoms. The van der Waals surface area contributed by atoms with Gasteiger partial charge in [0.1, 0.15) is 5.75 Å². The van der Waals surface area contributed by atoms with Crippen molar-refractivity contribution >= 4 is 22.4 Å². The van der Waals surface area contributed by atoms with Gasteiger partial charge in [-0.25, -0.2) is 4.98 Å². The first-order valence-electron chi connectivity index (χ1n) is 8.71. The molecular formula is C21H23N3O2S. The number of rotatable bonds is 7. The van der Waals surface area contributed by atoms with Crippen LogP contribution in [0.4, 0.5) is 5.13 Å². The highest BCUT2D eigenvalue weighted by molar-refractivity contribution is 7.14. The van der Waals surface area contributed by atoms with Crippen molar-refractivity contribution in [2.24, 2.45) is 0 Å². The number of aryl methyl sites for hydroxylation is 2. The third-order valence-electron chi connectivity index (χ3n) is 4.36. The molecule has 2 heterocycles. The molecule has 3 rings (SSSR count). The summed E-state index contributed by atoms with van der Waals surface area (Å²) in [4.78, 5) is 16.7. The van der Waals surface area contributed by atoms with Gasteiger partial charge in [0, 0.05) is 28.9 Å². The number of anilines is 1. The summed E-state index contributed by atoms with van der Waals surface area (Å²) in [5.41, 5.74) is 5.23. The topological polar surface area (TPSA) is 56.2 Å². The summed E-state index contributed by atoms with van der Waals surface area (Å²) < 4.78 is 7.77. The van der Waals surface area contributed by atoms with E-state index in [4.69, 9.17) is 4.74 Å². The molecule has 5 nitrogen and oxygen atoms in total. The van der Waals surface area contributed by atoms with E-state index in [-0.39, 0.29) is 12.5 Å². The molecule has 0 fully saturated rings. The van der Waals surface area contributed by atoms with Crippen molar-refractivity contribution in [1.29, 1.82) is 0 Å². The molecule has 1 N–H and O–H groups in total. The number of hydrogen-bond acceptors (Lipinski definition) is 4. The number of ether oxygens (including phenoxy) is 1. The van der Waals surface area contributed by atoms with E-state index >= 15 is 0 Å². The summed E-state index contributed by atoms with van der Waals surface area (Å²) in [6, 6.07) is 9.73. The maximum atomic E-state index is 12.2. The van der Waals surface area contributed by atoms with Gasteiger partial charge in [0.15, 0.2) is 11.7 Å². The minimum absolute atomic E-state index is 0.0480. The van der Waals surface area contributed by atoms with Gasteiger partial charge in [-0.15, -0.1) is 17.9 Å². The molecule has 0 aliphatic rings. The van der Waals surface area contributed by atoms with Crippen LogP contribution in [0.5, 0.6) is 5.75 Å². The summed E-state index contributed by atoms with van der Waals surface area (Å²) in [5.74, 6) is 0.485. The molecule has 0 radical (unpaired) electrons. The Kier molecular flexibility index (Phi) is 5.76. The van der Waals surface area contributed by atoms with Crippen molar-refractivity contribution in [1.82, 2.24) is 9.55 Å². The Morgan fingerprint density at radius 1 is 1.33 bits per heavy atom. The van der Waals surface area contributed by atoms with Crippen molar-refractivity contribution in [3.63, 3.8) is 0 Å². The number of para-hydroxylation sites is 1. The van der Waals surface area contributed by atoms with E-state index in [1.54, 1.807) is 0 Å². The number of aromatic nitrogens is 2. The molecule has 0 saturated carbocycles. The number of carbonyl (C=O) groups excluding carboxylic acids is 1. The van der Waals surface area contributed by atoms with Crippen LogP contribution in [0.15, 0.2) is 48.4 Å². The number of nitrogens with zero attached hydrogens (tertiary/aromatic N) is 2. The van der Waals surface area contributed by atoms with Gasteiger partial charge in [-0.1, -0.05) is 24.3 Å². The highest BCUT2D eigenvalue weighted by Gasteiger charge is 2.14. The largest absolute Gasteiger partial charge is 0.483 e. The average Bonchev–Trinajstić information content (AvgIpc) is 3.21. The van der Waals surface area contributed by atoms with Crippen LogP contribution in [-0.2, 0) is 11.3 Å². The van der Waals surface area contributed by atoms with Gasteiger partial charge in [-0.05, 0) is 38.5 Å². The lowest BCUT2D eigenvalue weighted by molar-refractivity contribution is -0.118. The highest BCUT2D eigenvalue weighted by Crippen LogP contribution is 2.30. The van der Waals surface area contributed by atoms with Crippen LogP contribution in [0.3, 0.4) is 0 Å². The Hall–Kier alpha value is -2.86. The third kappa shape index (κ3) is 4.28. The zero-order valence-corrected chi connectivity index (χ0v) is 16.6. The second-order valence-electron chi connectivity index (χ2n) is 6.32. The van der Waals surface area contributed by atoms with E-state index in [0.717, 1.165) is 34.8 Å². The third-order valence-corrected chi connectivity index (χ3v) is 5.12. The smallest absolute Gasteiger partial charge is 0.264 e. The number of amides is 1. The first-order valence-corrected chi connectivity index (χ1v) is 9.59. The zero-order valence-electron chi connectivity index (χ0n) is 15.8. The van der Waals surface area contributed by atoms with Gasteiger partial charge < -0.3 is 9.30 Å². The maximum absolute atomic E-state index is 12.2. The number of carbonyl (C=O) groups is 1. The monoisotopic (exact) mass is 381 g/mol. The first-order chi connectivity index (χ1) is 13.0. The van der Waals surface area contributed by atoms with Crippen molar-refractivity contribution in [2.45, 2.75) is 27.3 Å². The molecule has 0 unspecified atom stereocenters. The van der Waals surface area contributed by atoms with Crippen LogP contribution in [0, 0.1) is 20.8 Å². The van der Waals surface area contributed by atoms with Crippen molar-refractivity contribution in [3.05, 3.63) is 65.3 Å². The summed E-state index contributed by atoms with van der Waals surface area (Å²) in [7, 11) is 0. The molecule has 0 aliphatic heterocycles. The van der Waals surface area contributed by atoms with E-state index in [0.29, 0.717) is 10.9 Å². The van der Waals surface area contributed by atoms with Crippen molar-refractivity contribution in [3.8, 4) is 17.0 Å². The predicted octanol–water partition coefficient (Wildman–Crippen LogP) is 4.74. The second-order valence-corrected chi connectivity index (χ2v) is 7.18. The summed E-state index contributed by atoms with van der Waals surface area (Å²) >= 11 is 1.41. The second kappa shape index (κ2) is 8.22. The number of nitrogens with one attached hydrogen (secondary N) is 1. The maximum Gasteiger partial charge on any atom is 0.264 e. The number of allylic oxidation sites excluding steroid dienone is 1. The predicted molar refractivity (Wildman–Crippen MR) is 111 cm³/mol. The minimum atomic E-state index is -0.226. The van der Waals surface area contributed by atoms with Crippen LogP contribution in [0.1, 0.15) is 17.0 Å². The molecule has 1 aromatic carbocycles. The van der Waals surface area contributed by atoms with Gasteiger partial charge in [-0.3, -0.25) is 10.1 Å². The van der Waals surface area contributed by atoms with Gasteiger partial charge in [0.2, 0.25) is 0 Å². The van der Waals surface area contributed by atoms with E-state index in [1.807, 2.05) is 42.6 Å². The lowest BCUT2D eigenvalue weighted by Crippen LogP contribution is -2.20. The molecule has 0 saturated heterocycles. The van der Waals surface area contributed by atoms with Crippen molar-refractivity contribution in [2.75, 3.05) is 11.9 Å². The lowest BCUT2D eigenvalue weighted by atomic mass is 10.2. The Labute approximate surface area is 163 Å². The molecule has 140 valence electrons. The quantitative estimate of drug-likeness (QED) is 0.602. The van der Waals surface area contributed by atoms with Crippen LogP contribution < -0.4 is 10.1 Å². The fourth-order valence-electron chi connectivity index (χ4n) is 2.94. The average molecular weight is 382 g/mol. The Bertz CT molecular complexity index is 972. The number of hydrogen-bond donors (Lipinski definition) is 1. The highest BCUT2D eigenvalue weighted by atomic mass is 32.1. The molecule has 0 atom stereocenters. The number of thiazole rings is 1. The van der Waals surface area contributed by atoms with E-state index in [9.17, 15) is 4.79 Å². The van der Waals surface area contributed by atoms with Crippen molar-refractivity contribution < 1.29 is 9.53 Å². The normalized spacial score (nSPS) is 10.6. The summed E-state index contributed by atoms with van der Waals surface area (Å²) in [6.45, 7) is 10.6. The van der Waals surface area contributed by atoms with Crippen LogP contribution >= 0.6 is 11.3 Å². The molecular weight excluding hydrogens is 358 g/mol. The summed E-state index contributed by atoms with van der Waals surface area (Å²) in [5, 5.41) is 5.33. The number of benzene rings is 1. The Balaban J connectivity index is 1.66. The van der Waals surface area contributed by atoms with Gasteiger partial charge in [0.05, 0.1) is 5.69 Å². The molecule has 3 aromatic rings.